The van der Waals surface area contributed by atoms with Gasteiger partial charge in [-0.1, -0.05) is 48.5 Å². The average Bonchev–Trinajstić information content (AvgIpc) is 3.52. The van der Waals surface area contributed by atoms with E-state index in [1.165, 1.54) is 18.2 Å². The Morgan fingerprint density at radius 2 is 1.64 bits per heavy atom. The summed E-state index contributed by atoms with van der Waals surface area (Å²) in [6.45, 7) is 2.61. The van der Waals surface area contributed by atoms with Crippen molar-refractivity contribution < 1.29 is 4.79 Å². The zero-order valence-electron chi connectivity index (χ0n) is 16.2. The molecule has 4 heteroatoms. The number of carbonyl (C=O) groups excluding carboxylic acids is 1. The number of amides is 1. The van der Waals surface area contributed by atoms with Crippen molar-refractivity contribution in [3.8, 4) is 11.3 Å². The molecule has 0 unspecified atom stereocenters. The summed E-state index contributed by atoms with van der Waals surface area (Å²) in [5.41, 5.74) is 3.35. The molecule has 2 aromatic carbocycles. The first-order chi connectivity index (χ1) is 13.8. The summed E-state index contributed by atoms with van der Waals surface area (Å²) in [7, 11) is 0. The molecule has 1 aromatic heterocycles. The molecule has 0 radical (unpaired) electrons. The third-order valence-corrected chi connectivity index (χ3v) is 6.14. The predicted octanol–water partition coefficient (Wildman–Crippen LogP) is 4.05. The van der Waals surface area contributed by atoms with Crippen molar-refractivity contribution in [2.45, 2.75) is 44.3 Å². The monoisotopic (exact) mass is 373 g/mol. The van der Waals surface area contributed by atoms with Crippen molar-refractivity contribution in [1.29, 1.82) is 0 Å². The van der Waals surface area contributed by atoms with Gasteiger partial charge < -0.3 is 14.8 Å². The second-order valence-electron chi connectivity index (χ2n) is 8.15. The third-order valence-electron chi connectivity index (χ3n) is 6.14. The van der Waals surface area contributed by atoms with Gasteiger partial charge in [0.2, 0.25) is 5.91 Å². The second-order valence-corrected chi connectivity index (χ2v) is 8.15. The molecule has 3 aromatic rings. The van der Waals surface area contributed by atoms with Crippen LogP contribution in [0.4, 0.5) is 0 Å². The highest BCUT2D eigenvalue weighted by molar-refractivity contribution is 5.89. The van der Waals surface area contributed by atoms with Gasteiger partial charge in [0, 0.05) is 41.8 Å². The highest BCUT2D eigenvalue weighted by Gasteiger charge is 2.32. The van der Waals surface area contributed by atoms with Crippen LogP contribution in [0.3, 0.4) is 0 Å². The third kappa shape index (κ3) is 3.57. The molecule has 0 atom stereocenters. The summed E-state index contributed by atoms with van der Waals surface area (Å²) in [5.74, 6) is 0.114. The molecule has 0 bridgehead atoms. The van der Waals surface area contributed by atoms with E-state index >= 15 is 0 Å². The van der Waals surface area contributed by atoms with E-state index in [4.69, 9.17) is 0 Å². The summed E-state index contributed by atoms with van der Waals surface area (Å²) >= 11 is 0. The largest absolute Gasteiger partial charge is 0.352 e. The lowest BCUT2D eigenvalue weighted by Crippen LogP contribution is -2.46. The number of carbonyl (C=O) groups is 1. The maximum absolute atomic E-state index is 12.9. The van der Waals surface area contributed by atoms with Gasteiger partial charge in [0.05, 0.1) is 0 Å². The van der Waals surface area contributed by atoms with Crippen molar-refractivity contribution in [2.75, 3.05) is 13.1 Å². The van der Waals surface area contributed by atoms with Crippen LogP contribution in [-0.2, 0) is 11.3 Å². The van der Waals surface area contributed by atoms with Crippen LogP contribution in [0.5, 0.6) is 0 Å². The van der Waals surface area contributed by atoms with Crippen molar-refractivity contribution in [2.24, 2.45) is 0 Å². The fraction of sp³-hybridized carbons (Fsp3) is 0.375. The number of hydrogen-bond donors (Lipinski definition) is 1. The van der Waals surface area contributed by atoms with E-state index in [0.717, 1.165) is 48.7 Å². The van der Waals surface area contributed by atoms with Gasteiger partial charge in [-0.05, 0) is 43.4 Å². The molecule has 1 saturated carbocycles. The molecule has 1 amide bonds. The molecule has 1 saturated heterocycles. The molecule has 1 N–H and O–H groups in total. The van der Waals surface area contributed by atoms with E-state index in [-0.39, 0.29) is 5.91 Å². The Hall–Kier alpha value is -2.59. The van der Waals surface area contributed by atoms with Crippen molar-refractivity contribution in [3.63, 3.8) is 0 Å². The van der Waals surface area contributed by atoms with Gasteiger partial charge in [0.15, 0.2) is 0 Å². The molecular formula is C24H27N3O. The molecule has 28 heavy (non-hydrogen) atoms. The van der Waals surface area contributed by atoms with Crippen LogP contribution in [0.15, 0.2) is 60.7 Å². The molecular weight excluding hydrogens is 346 g/mol. The van der Waals surface area contributed by atoms with Gasteiger partial charge in [-0.15, -0.1) is 0 Å². The van der Waals surface area contributed by atoms with Crippen LogP contribution >= 0.6 is 0 Å². The van der Waals surface area contributed by atoms with E-state index in [2.05, 4.69) is 51.2 Å². The number of likely N-dealkylation sites (tertiary alicyclic amines) is 1. The first-order valence-electron chi connectivity index (χ1n) is 10.4. The van der Waals surface area contributed by atoms with Crippen molar-refractivity contribution in [3.05, 3.63) is 60.7 Å². The van der Waals surface area contributed by atoms with E-state index in [1.807, 2.05) is 24.3 Å². The van der Waals surface area contributed by atoms with E-state index in [0.29, 0.717) is 12.6 Å². The minimum Gasteiger partial charge on any atom is -0.352 e. The molecule has 1 aliphatic carbocycles. The molecule has 0 spiro atoms. The second kappa shape index (κ2) is 7.44. The topological polar surface area (TPSA) is 37.3 Å². The molecule has 5 rings (SSSR count). The minimum atomic E-state index is 0.114. The van der Waals surface area contributed by atoms with Crippen LogP contribution in [-0.4, -0.2) is 40.5 Å². The normalized spacial score (nSPS) is 18.4. The first-order valence-corrected chi connectivity index (χ1v) is 10.4. The first kappa shape index (κ1) is 17.5. The maximum atomic E-state index is 12.9. The molecule has 2 fully saturated rings. The minimum absolute atomic E-state index is 0.114. The Balaban J connectivity index is 1.33. The van der Waals surface area contributed by atoms with Gasteiger partial charge >= 0.3 is 0 Å². The Morgan fingerprint density at radius 3 is 2.39 bits per heavy atom. The lowest BCUT2D eigenvalue weighted by Gasteiger charge is -2.32. The fourth-order valence-corrected chi connectivity index (χ4v) is 4.49. The highest BCUT2D eigenvalue weighted by Crippen LogP contribution is 2.30. The number of fused-ring (bicyclic) bond motifs is 1. The lowest BCUT2D eigenvalue weighted by atomic mass is 10.0. The van der Waals surface area contributed by atoms with Crippen LogP contribution in [0.25, 0.3) is 22.2 Å². The number of nitrogens with zero attached hydrogens (tertiary/aromatic N) is 2. The molecule has 2 aliphatic rings. The van der Waals surface area contributed by atoms with Gasteiger partial charge in [-0.2, -0.15) is 0 Å². The van der Waals surface area contributed by atoms with Crippen LogP contribution < -0.4 is 5.32 Å². The Labute approximate surface area is 166 Å². The standard InChI is InChI=1S/C24H27N3O/c28-24(25-20-12-14-26(15-13-20)21-10-11-21)17-27-22-9-5-4-8-19(22)16-23(27)18-6-2-1-3-7-18/h1-9,16,20-21H,10-15,17H2,(H,25,28). The molecule has 1 aliphatic heterocycles. The van der Waals surface area contributed by atoms with E-state index in [1.54, 1.807) is 0 Å². The van der Waals surface area contributed by atoms with Crippen LogP contribution in [0, 0.1) is 0 Å². The highest BCUT2D eigenvalue weighted by atomic mass is 16.2. The summed E-state index contributed by atoms with van der Waals surface area (Å²) in [6, 6.07) is 22.0. The smallest absolute Gasteiger partial charge is 0.240 e. The summed E-state index contributed by atoms with van der Waals surface area (Å²) < 4.78 is 2.15. The SMILES string of the molecule is O=C(Cn1c(-c2ccccc2)cc2ccccc21)NC1CCN(C2CC2)CC1. The Kier molecular flexibility index (Phi) is 4.65. The van der Waals surface area contributed by atoms with E-state index < -0.39 is 0 Å². The lowest BCUT2D eigenvalue weighted by molar-refractivity contribution is -0.122. The number of nitrogens with one attached hydrogen (secondary N) is 1. The quantitative estimate of drug-likeness (QED) is 0.733. The number of aromatic nitrogens is 1. The van der Waals surface area contributed by atoms with Gasteiger partial charge in [-0.3, -0.25) is 4.79 Å². The zero-order valence-corrected chi connectivity index (χ0v) is 16.2. The molecule has 144 valence electrons. The van der Waals surface area contributed by atoms with Gasteiger partial charge in [0.25, 0.3) is 0 Å². The summed E-state index contributed by atoms with van der Waals surface area (Å²) in [5, 5.41) is 4.47. The number of para-hydroxylation sites is 1. The van der Waals surface area contributed by atoms with Crippen LogP contribution in [0.2, 0.25) is 0 Å². The number of piperidine rings is 1. The molecule has 2 heterocycles. The Morgan fingerprint density at radius 1 is 0.929 bits per heavy atom. The fourth-order valence-electron chi connectivity index (χ4n) is 4.49. The van der Waals surface area contributed by atoms with Gasteiger partial charge in [0.1, 0.15) is 6.54 Å². The number of hydrogen-bond acceptors (Lipinski definition) is 2. The number of rotatable bonds is 5. The maximum Gasteiger partial charge on any atom is 0.240 e. The van der Waals surface area contributed by atoms with Crippen LogP contribution in [0.1, 0.15) is 25.7 Å². The predicted molar refractivity (Wildman–Crippen MR) is 113 cm³/mol. The van der Waals surface area contributed by atoms with Crippen molar-refractivity contribution in [1.82, 2.24) is 14.8 Å². The zero-order chi connectivity index (χ0) is 18.9. The van der Waals surface area contributed by atoms with Crippen molar-refractivity contribution >= 4 is 16.8 Å². The van der Waals surface area contributed by atoms with Gasteiger partial charge in [-0.25, -0.2) is 0 Å². The molecule has 4 nitrogen and oxygen atoms in total. The summed E-state index contributed by atoms with van der Waals surface area (Å²) in [6.07, 6.45) is 4.86. The summed E-state index contributed by atoms with van der Waals surface area (Å²) in [4.78, 5) is 15.5. The van der Waals surface area contributed by atoms with E-state index in [9.17, 15) is 4.79 Å². The average molecular weight is 374 g/mol. The number of benzene rings is 2. The Bertz CT molecular complexity index is 966.